The van der Waals surface area contributed by atoms with E-state index in [0.29, 0.717) is 43.9 Å². The van der Waals surface area contributed by atoms with Gasteiger partial charge >= 0.3 is 0 Å². The number of nitro groups is 1. The van der Waals surface area contributed by atoms with Crippen LogP contribution in [0.25, 0.3) is 0 Å². The SMILES string of the molecule is Cc1cccc(NCC2(O)CCOCC2)c1[N+](=O)[O-]. The van der Waals surface area contributed by atoms with Gasteiger partial charge in [-0.25, -0.2) is 0 Å². The molecule has 104 valence electrons. The number of nitro benzene ring substituents is 1. The minimum atomic E-state index is -0.851. The summed E-state index contributed by atoms with van der Waals surface area (Å²) >= 11 is 0. The molecule has 0 saturated carbocycles. The van der Waals surface area contributed by atoms with Crippen LogP contribution in [0.3, 0.4) is 0 Å². The van der Waals surface area contributed by atoms with Crippen LogP contribution in [0.2, 0.25) is 0 Å². The molecule has 19 heavy (non-hydrogen) atoms. The molecule has 1 aliphatic rings. The Bertz CT molecular complexity index is 470. The summed E-state index contributed by atoms with van der Waals surface area (Å²) in [6, 6.07) is 5.12. The number of anilines is 1. The molecule has 0 aromatic heterocycles. The van der Waals surface area contributed by atoms with E-state index in [-0.39, 0.29) is 5.69 Å². The molecule has 1 saturated heterocycles. The van der Waals surface area contributed by atoms with Gasteiger partial charge in [0.15, 0.2) is 0 Å². The van der Waals surface area contributed by atoms with Crippen LogP contribution in [-0.4, -0.2) is 35.4 Å². The van der Waals surface area contributed by atoms with E-state index in [1.807, 2.05) is 0 Å². The maximum Gasteiger partial charge on any atom is 0.295 e. The fourth-order valence-electron chi connectivity index (χ4n) is 2.23. The number of nitrogens with zero attached hydrogens (tertiary/aromatic N) is 1. The molecule has 1 fully saturated rings. The van der Waals surface area contributed by atoms with E-state index in [2.05, 4.69) is 5.32 Å². The van der Waals surface area contributed by atoms with Crippen molar-refractivity contribution in [3.05, 3.63) is 33.9 Å². The largest absolute Gasteiger partial charge is 0.388 e. The Labute approximate surface area is 111 Å². The van der Waals surface area contributed by atoms with E-state index in [1.165, 1.54) is 0 Å². The lowest BCUT2D eigenvalue weighted by Crippen LogP contribution is -2.42. The van der Waals surface area contributed by atoms with Crippen molar-refractivity contribution in [2.45, 2.75) is 25.4 Å². The number of hydrogen-bond donors (Lipinski definition) is 2. The first-order valence-electron chi connectivity index (χ1n) is 6.30. The molecular weight excluding hydrogens is 248 g/mol. The number of benzene rings is 1. The van der Waals surface area contributed by atoms with Gasteiger partial charge in [0.2, 0.25) is 0 Å². The average molecular weight is 266 g/mol. The van der Waals surface area contributed by atoms with E-state index in [9.17, 15) is 15.2 Å². The average Bonchev–Trinajstić information content (AvgIpc) is 2.37. The summed E-state index contributed by atoms with van der Waals surface area (Å²) in [6.07, 6.45) is 1.08. The number of nitrogens with one attached hydrogen (secondary N) is 1. The van der Waals surface area contributed by atoms with Crippen molar-refractivity contribution in [2.75, 3.05) is 25.1 Å². The highest BCUT2D eigenvalue weighted by molar-refractivity contribution is 5.65. The highest BCUT2D eigenvalue weighted by atomic mass is 16.6. The predicted octanol–water partition coefficient (Wildman–Crippen LogP) is 1.86. The summed E-state index contributed by atoms with van der Waals surface area (Å²) in [5.41, 5.74) is 0.271. The maximum atomic E-state index is 11.1. The van der Waals surface area contributed by atoms with Crippen LogP contribution in [-0.2, 0) is 4.74 Å². The molecule has 0 radical (unpaired) electrons. The van der Waals surface area contributed by atoms with Gasteiger partial charge in [-0.15, -0.1) is 0 Å². The predicted molar refractivity (Wildman–Crippen MR) is 71.3 cm³/mol. The highest BCUT2D eigenvalue weighted by Crippen LogP contribution is 2.29. The zero-order valence-electron chi connectivity index (χ0n) is 10.9. The second kappa shape index (κ2) is 5.54. The van der Waals surface area contributed by atoms with Gasteiger partial charge in [-0.05, 0) is 13.0 Å². The second-order valence-electron chi connectivity index (χ2n) is 4.92. The number of aliphatic hydroxyl groups is 1. The highest BCUT2D eigenvalue weighted by Gasteiger charge is 2.30. The molecule has 0 aliphatic carbocycles. The summed E-state index contributed by atoms with van der Waals surface area (Å²) < 4.78 is 5.20. The fraction of sp³-hybridized carbons (Fsp3) is 0.538. The molecule has 0 spiro atoms. The monoisotopic (exact) mass is 266 g/mol. The van der Waals surface area contributed by atoms with Gasteiger partial charge in [0.25, 0.3) is 5.69 Å². The Kier molecular flexibility index (Phi) is 4.01. The zero-order chi connectivity index (χ0) is 13.9. The summed E-state index contributed by atoms with van der Waals surface area (Å²) in [5, 5.41) is 24.4. The maximum absolute atomic E-state index is 11.1. The van der Waals surface area contributed by atoms with Crippen LogP contribution < -0.4 is 5.32 Å². The van der Waals surface area contributed by atoms with Gasteiger partial charge in [-0.2, -0.15) is 0 Å². The van der Waals surface area contributed by atoms with Crippen LogP contribution in [0, 0.1) is 17.0 Å². The molecular formula is C13H18N2O4. The molecule has 0 unspecified atom stereocenters. The summed E-state index contributed by atoms with van der Waals surface area (Å²) in [5.74, 6) is 0. The zero-order valence-corrected chi connectivity index (χ0v) is 10.9. The van der Waals surface area contributed by atoms with Crippen molar-refractivity contribution >= 4 is 11.4 Å². The minimum absolute atomic E-state index is 0.0677. The summed E-state index contributed by atoms with van der Waals surface area (Å²) in [4.78, 5) is 10.7. The topological polar surface area (TPSA) is 84.6 Å². The molecule has 1 aromatic rings. The first kappa shape index (κ1) is 13.8. The molecule has 2 rings (SSSR count). The third-order valence-corrected chi connectivity index (χ3v) is 3.45. The van der Waals surface area contributed by atoms with Crippen molar-refractivity contribution < 1.29 is 14.8 Å². The number of hydrogen-bond acceptors (Lipinski definition) is 5. The van der Waals surface area contributed by atoms with Crippen molar-refractivity contribution in [3.63, 3.8) is 0 Å². The lowest BCUT2D eigenvalue weighted by atomic mass is 9.94. The lowest BCUT2D eigenvalue weighted by Gasteiger charge is -2.32. The van der Waals surface area contributed by atoms with Gasteiger partial charge in [0.1, 0.15) is 5.69 Å². The quantitative estimate of drug-likeness (QED) is 0.641. The molecule has 2 N–H and O–H groups in total. The third kappa shape index (κ3) is 3.21. The molecule has 1 aliphatic heterocycles. The first-order valence-corrected chi connectivity index (χ1v) is 6.30. The third-order valence-electron chi connectivity index (χ3n) is 3.45. The molecule has 1 heterocycles. The normalized spacial score (nSPS) is 18.0. The second-order valence-corrected chi connectivity index (χ2v) is 4.92. The van der Waals surface area contributed by atoms with E-state index in [4.69, 9.17) is 4.74 Å². The number of aryl methyl sites for hydroxylation is 1. The molecule has 6 heteroatoms. The number of rotatable bonds is 4. The van der Waals surface area contributed by atoms with E-state index < -0.39 is 10.5 Å². The molecule has 0 amide bonds. The fourth-order valence-corrected chi connectivity index (χ4v) is 2.23. The van der Waals surface area contributed by atoms with Crippen LogP contribution in [0.15, 0.2) is 18.2 Å². The Morgan fingerprint density at radius 3 is 2.79 bits per heavy atom. The molecule has 1 aromatic carbocycles. The number of para-hydroxylation sites is 1. The smallest absolute Gasteiger partial charge is 0.295 e. The van der Waals surface area contributed by atoms with Gasteiger partial charge in [0.05, 0.1) is 10.5 Å². The number of ether oxygens (including phenoxy) is 1. The molecule has 0 bridgehead atoms. The van der Waals surface area contributed by atoms with Crippen LogP contribution in [0.5, 0.6) is 0 Å². The van der Waals surface area contributed by atoms with Gasteiger partial charge in [-0.3, -0.25) is 10.1 Å². The Balaban J connectivity index is 2.11. The molecule has 6 nitrogen and oxygen atoms in total. The standard InChI is InChI=1S/C13H18N2O4/c1-10-3-2-4-11(12(10)15(17)18)14-9-13(16)5-7-19-8-6-13/h2-4,14,16H,5-9H2,1H3. The van der Waals surface area contributed by atoms with Crippen molar-refractivity contribution in [1.29, 1.82) is 0 Å². The van der Waals surface area contributed by atoms with Gasteiger partial charge in [0, 0.05) is 38.2 Å². The minimum Gasteiger partial charge on any atom is -0.388 e. The van der Waals surface area contributed by atoms with Gasteiger partial charge in [-0.1, -0.05) is 12.1 Å². The first-order chi connectivity index (χ1) is 9.02. The van der Waals surface area contributed by atoms with E-state index in [1.54, 1.807) is 25.1 Å². The van der Waals surface area contributed by atoms with Crippen LogP contribution in [0.4, 0.5) is 11.4 Å². The summed E-state index contributed by atoms with van der Waals surface area (Å²) in [7, 11) is 0. The van der Waals surface area contributed by atoms with Crippen molar-refractivity contribution in [2.24, 2.45) is 0 Å². The van der Waals surface area contributed by atoms with E-state index in [0.717, 1.165) is 0 Å². The summed E-state index contributed by atoms with van der Waals surface area (Å²) in [6.45, 7) is 3.04. The molecule has 0 atom stereocenters. The van der Waals surface area contributed by atoms with Crippen LogP contribution >= 0.6 is 0 Å². The van der Waals surface area contributed by atoms with Crippen molar-refractivity contribution in [1.82, 2.24) is 0 Å². The van der Waals surface area contributed by atoms with Crippen LogP contribution in [0.1, 0.15) is 18.4 Å². The van der Waals surface area contributed by atoms with E-state index >= 15 is 0 Å². The Morgan fingerprint density at radius 2 is 2.16 bits per heavy atom. The Hall–Kier alpha value is -1.66. The van der Waals surface area contributed by atoms with Crippen molar-refractivity contribution in [3.8, 4) is 0 Å². The van der Waals surface area contributed by atoms with Gasteiger partial charge < -0.3 is 15.2 Å². The Morgan fingerprint density at radius 1 is 1.47 bits per heavy atom. The lowest BCUT2D eigenvalue weighted by molar-refractivity contribution is -0.384.